The zero-order valence-corrected chi connectivity index (χ0v) is 15.3. The van der Waals surface area contributed by atoms with Crippen LogP contribution in [0.15, 0.2) is 39.4 Å². The monoisotopic (exact) mass is 409 g/mol. The van der Waals surface area contributed by atoms with Crippen molar-refractivity contribution in [3.8, 4) is 11.5 Å². The molecular weight excluding hydrogens is 394 g/mol. The first kappa shape index (κ1) is 15.9. The second-order valence-corrected chi connectivity index (χ2v) is 7.75. The normalized spacial score (nSPS) is 20.0. The van der Waals surface area contributed by atoms with Crippen LogP contribution in [0, 0.1) is 0 Å². The SMILES string of the molecule is O=C(c1ccc(Br)o1)N1CCS[C@@H](c2ccc3c(c2)OCO3)CC1. The zero-order valence-electron chi connectivity index (χ0n) is 12.9. The maximum absolute atomic E-state index is 12.5. The van der Waals surface area contributed by atoms with Gasteiger partial charge in [-0.15, -0.1) is 0 Å². The molecule has 2 aliphatic heterocycles. The third kappa shape index (κ3) is 3.15. The quantitative estimate of drug-likeness (QED) is 0.747. The molecular formula is C17H16BrNO4S. The van der Waals surface area contributed by atoms with Crippen molar-refractivity contribution in [3.05, 3.63) is 46.3 Å². The van der Waals surface area contributed by atoms with Crippen LogP contribution in [-0.4, -0.2) is 36.4 Å². The van der Waals surface area contributed by atoms with E-state index in [1.165, 1.54) is 5.56 Å². The van der Waals surface area contributed by atoms with Crippen LogP contribution in [0.3, 0.4) is 0 Å². The Morgan fingerprint density at radius 2 is 2.04 bits per heavy atom. The fraction of sp³-hybridized carbons (Fsp3) is 0.353. The van der Waals surface area contributed by atoms with Crippen LogP contribution in [-0.2, 0) is 0 Å². The van der Waals surface area contributed by atoms with Crippen molar-refractivity contribution >= 4 is 33.6 Å². The molecule has 0 unspecified atom stereocenters. The average Bonchev–Trinajstić information content (AvgIpc) is 3.16. The van der Waals surface area contributed by atoms with Gasteiger partial charge in [-0.1, -0.05) is 6.07 Å². The molecule has 0 saturated carbocycles. The number of fused-ring (bicyclic) bond motifs is 1. The molecule has 0 spiro atoms. The summed E-state index contributed by atoms with van der Waals surface area (Å²) in [6, 6.07) is 9.56. The van der Waals surface area contributed by atoms with Crippen molar-refractivity contribution in [3.63, 3.8) is 0 Å². The summed E-state index contributed by atoms with van der Waals surface area (Å²) in [5.41, 5.74) is 1.22. The Morgan fingerprint density at radius 1 is 1.17 bits per heavy atom. The smallest absolute Gasteiger partial charge is 0.289 e. The number of hydrogen-bond donors (Lipinski definition) is 0. The molecule has 126 valence electrons. The highest BCUT2D eigenvalue weighted by Gasteiger charge is 2.25. The number of ether oxygens (including phenoxy) is 2. The molecule has 4 rings (SSSR count). The molecule has 1 aromatic heterocycles. The molecule has 1 atom stereocenters. The molecule has 1 amide bonds. The number of furan rings is 1. The van der Waals surface area contributed by atoms with E-state index in [4.69, 9.17) is 13.9 Å². The van der Waals surface area contributed by atoms with E-state index in [0.717, 1.165) is 30.2 Å². The summed E-state index contributed by atoms with van der Waals surface area (Å²) in [7, 11) is 0. The van der Waals surface area contributed by atoms with Crippen molar-refractivity contribution in [2.45, 2.75) is 11.7 Å². The fourth-order valence-electron chi connectivity index (χ4n) is 2.94. The Labute approximate surface area is 152 Å². The summed E-state index contributed by atoms with van der Waals surface area (Å²) in [6.07, 6.45) is 0.901. The predicted molar refractivity (Wildman–Crippen MR) is 94.7 cm³/mol. The standard InChI is InChI=1S/C17H16BrNO4S/c18-16-4-3-13(23-16)17(20)19-6-5-15(24-8-7-19)11-1-2-12-14(9-11)22-10-21-12/h1-4,9,15H,5-8,10H2/t15-/m1/s1. The van der Waals surface area contributed by atoms with E-state index in [1.54, 1.807) is 12.1 Å². The highest BCUT2D eigenvalue weighted by Crippen LogP contribution is 2.40. The summed E-state index contributed by atoms with van der Waals surface area (Å²) in [4.78, 5) is 14.4. The molecule has 5 nitrogen and oxygen atoms in total. The highest BCUT2D eigenvalue weighted by molar-refractivity contribution is 9.10. The minimum absolute atomic E-state index is 0.0485. The number of carbonyl (C=O) groups is 1. The number of carbonyl (C=O) groups excluding carboxylic acids is 1. The Hall–Kier alpha value is -1.60. The summed E-state index contributed by atoms with van der Waals surface area (Å²) in [6.45, 7) is 1.73. The van der Waals surface area contributed by atoms with Gasteiger partial charge < -0.3 is 18.8 Å². The van der Waals surface area contributed by atoms with Gasteiger partial charge in [0.15, 0.2) is 21.9 Å². The zero-order chi connectivity index (χ0) is 16.5. The Morgan fingerprint density at radius 3 is 2.88 bits per heavy atom. The van der Waals surface area contributed by atoms with Gasteiger partial charge in [-0.25, -0.2) is 0 Å². The maximum atomic E-state index is 12.5. The van der Waals surface area contributed by atoms with Crippen molar-refractivity contribution < 1.29 is 18.7 Å². The first-order chi connectivity index (χ1) is 11.7. The van der Waals surface area contributed by atoms with Gasteiger partial charge >= 0.3 is 0 Å². The summed E-state index contributed by atoms with van der Waals surface area (Å²) < 4.78 is 16.8. The third-order valence-corrected chi connectivity index (χ3v) is 5.94. The second-order valence-electron chi connectivity index (χ2n) is 5.66. The van der Waals surface area contributed by atoms with Crippen molar-refractivity contribution in [2.24, 2.45) is 0 Å². The third-order valence-electron chi connectivity index (χ3n) is 4.18. The maximum Gasteiger partial charge on any atom is 0.289 e. The second kappa shape index (κ2) is 6.72. The first-order valence-electron chi connectivity index (χ1n) is 7.76. The van der Waals surface area contributed by atoms with E-state index in [9.17, 15) is 4.79 Å². The number of thioether (sulfide) groups is 1. The molecule has 1 aromatic carbocycles. The first-order valence-corrected chi connectivity index (χ1v) is 9.60. The van der Waals surface area contributed by atoms with Crippen molar-refractivity contribution in [2.75, 3.05) is 25.6 Å². The van der Waals surface area contributed by atoms with Gasteiger partial charge in [-0.2, -0.15) is 11.8 Å². The van der Waals surface area contributed by atoms with Crippen molar-refractivity contribution in [1.82, 2.24) is 4.90 Å². The van der Waals surface area contributed by atoms with Gasteiger partial charge in [0.2, 0.25) is 6.79 Å². The molecule has 1 fully saturated rings. The minimum Gasteiger partial charge on any atom is -0.454 e. The molecule has 1 saturated heterocycles. The van der Waals surface area contributed by atoms with Crippen LogP contribution < -0.4 is 9.47 Å². The van der Waals surface area contributed by atoms with Crippen LogP contribution >= 0.6 is 27.7 Å². The largest absolute Gasteiger partial charge is 0.454 e. The molecule has 2 aromatic rings. The Balaban J connectivity index is 1.45. The van der Waals surface area contributed by atoms with Crippen LogP contribution in [0.5, 0.6) is 11.5 Å². The van der Waals surface area contributed by atoms with E-state index >= 15 is 0 Å². The molecule has 24 heavy (non-hydrogen) atoms. The topological polar surface area (TPSA) is 51.9 Å². The Bertz CT molecular complexity index is 763. The van der Waals surface area contributed by atoms with Crippen molar-refractivity contribution in [1.29, 1.82) is 0 Å². The molecule has 3 heterocycles. The lowest BCUT2D eigenvalue weighted by atomic mass is 10.1. The molecule has 0 radical (unpaired) electrons. The number of hydrogen-bond acceptors (Lipinski definition) is 5. The lowest BCUT2D eigenvalue weighted by Gasteiger charge is -2.19. The van der Waals surface area contributed by atoms with Gasteiger partial charge in [0.05, 0.1) is 0 Å². The lowest BCUT2D eigenvalue weighted by Crippen LogP contribution is -2.32. The molecule has 2 aliphatic rings. The number of amides is 1. The molecule has 7 heteroatoms. The summed E-state index contributed by atoms with van der Waals surface area (Å²) >= 11 is 5.11. The van der Waals surface area contributed by atoms with E-state index in [2.05, 4.69) is 28.1 Å². The molecule has 0 N–H and O–H groups in total. The number of rotatable bonds is 2. The number of benzene rings is 1. The van der Waals surface area contributed by atoms with Crippen LogP contribution in [0.4, 0.5) is 0 Å². The average molecular weight is 410 g/mol. The minimum atomic E-state index is -0.0485. The van der Waals surface area contributed by atoms with E-state index in [0.29, 0.717) is 22.2 Å². The highest BCUT2D eigenvalue weighted by atomic mass is 79.9. The summed E-state index contributed by atoms with van der Waals surface area (Å²) in [5.74, 6) is 2.84. The van der Waals surface area contributed by atoms with E-state index in [-0.39, 0.29) is 12.7 Å². The van der Waals surface area contributed by atoms with Gasteiger partial charge in [-0.3, -0.25) is 4.79 Å². The van der Waals surface area contributed by atoms with Gasteiger partial charge in [0, 0.05) is 24.1 Å². The molecule has 0 bridgehead atoms. The number of nitrogens with zero attached hydrogens (tertiary/aromatic N) is 1. The van der Waals surface area contributed by atoms with E-state index in [1.807, 2.05) is 22.7 Å². The van der Waals surface area contributed by atoms with Crippen LogP contribution in [0.1, 0.15) is 27.8 Å². The van der Waals surface area contributed by atoms with Gasteiger partial charge in [-0.05, 0) is 52.2 Å². The van der Waals surface area contributed by atoms with E-state index < -0.39 is 0 Å². The van der Waals surface area contributed by atoms with Gasteiger partial charge in [0.1, 0.15) is 0 Å². The van der Waals surface area contributed by atoms with Crippen LogP contribution in [0.2, 0.25) is 0 Å². The van der Waals surface area contributed by atoms with Crippen LogP contribution in [0.25, 0.3) is 0 Å². The fourth-order valence-corrected chi connectivity index (χ4v) is 4.47. The van der Waals surface area contributed by atoms with Gasteiger partial charge in [0.25, 0.3) is 5.91 Å². The number of halogens is 1. The summed E-state index contributed by atoms with van der Waals surface area (Å²) in [5, 5.41) is 0.348. The molecule has 0 aliphatic carbocycles. The Kier molecular flexibility index (Phi) is 4.45. The predicted octanol–water partition coefficient (Wildman–Crippen LogP) is 4.09. The lowest BCUT2D eigenvalue weighted by molar-refractivity contribution is 0.0733.